The van der Waals surface area contributed by atoms with E-state index in [9.17, 15) is 14.0 Å². The van der Waals surface area contributed by atoms with Gasteiger partial charge in [-0.25, -0.2) is 4.39 Å². The summed E-state index contributed by atoms with van der Waals surface area (Å²) in [7, 11) is 0. The SMILES string of the molecule is CCOC(=O)C(C)(C)C(=O)C(Br)Oc1ccc(F)cc1. The Kier molecular flexibility index (Phi) is 5.68. The molecule has 0 saturated heterocycles. The van der Waals surface area contributed by atoms with Crippen molar-refractivity contribution in [3.05, 3.63) is 30.1 Å². The Balaban J connectivity index is 2.75. The zero-order valence-electron chi connectivity index (χ0n) is 11.5. The molecule has 1 unspecified atom stereocenters. The summed E-state index contributed by atoms with van der Waals surface area (Å²) in [6.07, 6.45) is 0. The molecule has 0 fully saturated rings. The maximum Gasteiger partial charge on any atom is 0.319 e. The van der Waals surface area contributed by atoms with E-state index < -0.39 is 28.0 Å². The molecule has 1 aromatic rings. The minimum Gasteiger partial charge on any atom is -0.471 e. The lowest BCUT2D eigenvalue weighted by molar-refractivity contribution is -0.158. The van der Waals surface area contributed by atoms with Crippen molar-refractivity contribution in [1.29, 1.82) is 0 Å². The first kappa shape index (κ1) is 16.6. The van der Waals surface area contributed by atoms with E-state index in [4.69, 9.17) is 9.47 Å². The Bertz CT molecular complexity index is 484. The number of benzene rings is 1. The molecule has 110 valence electrons. The summed E-state index contributed by atoms with van der Waals surface area (Å²) < 4.78 is 23.0. The fourth-order valence-electron chi connectivity index (χ4n) is 1.38. The predicted octanol–water partition coefficient (Wildman–Crippen LogP) is 3.08. The standard InChI is InChI=1S/C14H16BrFO4/c1-4-19-13(18)14(2,3)11(17)12(15)20-10-7-5-9(16)6-8-10/h5-8,12H,4H2,1-3H3. The maximum atomic E-state index is 12.8. The van der Waals surface area contributed by atoms with E-state index in [1.54, 1.807) is 6.92 Å². The lowest BCUT2D eigenvalue weighted by Crippen LogP contribution is -2.41. The maximum absolute atomic E-state index is 12.8. The molecular formula is C14H16BrFO4. The first-order valence-corrected chi connectivity index (χ1v) is 6.98. The van der Waals surface area contributed by atoms with Crippen molar-refractivity contribution in [2.75, 3.05) is 6.61 Å². The number of ketones is 1. The molecular weight excluding hydrogens is 331 g/mol. The van der Waals surface area contributed by atoms with Crippen LogP contribution in [0.3, 0.4) is 0 Å². The molecule has 1 atom stereocenters. The highest BCUT2D eigenvalue weighted by molar-refractivity contribution is 9.09. The minimum absolute atomic E-state index is 0.196. The van der Waals surface area contributed by atoms with Crippen molar-refractivity contribution in [3.8, 4) is 5.75 Å². The second-order valence-electron chi connectivity index (χ2n) is 4.60. The zero-order valence-corrected chi connectivity index (χ0v) is 13.1. The van der Waals surface area contributed by atoms with Gasteiger partial charge in [-0.05, 0) is 61.0 Å². The van der Waals surface area contributed by atoms with Crippen LogP contribution < -0.4 is 4.74 Å². The highest BCUT2D eigenvalue weighted by atomic mass is 79.9. The summed E-state index contributed by atoms with van der Waals surface area (Å²) in [4.78, 5) is 23.9. The molecule has 0 radical (unpaired) electrons. The topological polar surface area (TPSA) is 52.6 Å². The molecule has 0 saturated carbocycles. The number of hydrogen-bond acceptors (Lipinski definition) is 4. The fourth-order valence-corrected chi connectivity index (χ4v) is 2.17. The van der Waals surface area contributed by atoms with Crippen molar-refractivity contribution in [2.24, 2.45) is 5.41 Å². The van der Waals surface area contributed by atoms with Crippen molar-refractivity contribution >= 4 is 27.7 Å². The van der Waals surface area contributed by atoms with Gasteiger partial charge in [-0.15, -0.1) is 0 Å². The van der Waals surface area contributed by atoms with Crippen LogP contribution in [0, 0.1) is 11.2 Å². The van der Waals surface area contributed by atoms with Crippen LogP contribution in [0.5, 0.6) is 5.75 Å². The quantitative estimate of drug-likeness (QED) is 0.451. The number of rotatable bonds is 6. The number of alkyl halides is 1. The molecule has 0 amide bonds. The molecule has 4 nitrogen and oxygen atoms in total. The van der Waals surface area contributed by atoms with Crippen LogP contribution >= 0.6 is 15.9 Å². The van der Waals surface area contributed by atoms with E-state index in [0.717, 1.165) is 0 Å². The van der Waals surface area contributed by atoms with Gasteiger partial charge in [0.05, 0.1) is 6.61 Å². The lowest BCUT2D eigenvalue weighted by Gasteiger charge is -2.23. The number of carbonyl (C=O) groups is 2. The van der Waals surface area contributed by atoms with Crippen LogP contribution in [0.4, 0.5) is 4.39 Å². The van der Waals surface area contributed by atoms with E-state index in [-0.39, 0.29) is 6.61 Å². The van der Waals surface area contributed by atoms with Crippen LogP contribution in [0.15, 0.2) is 24.3 Å². The van der Waals surface area contributed by atoms with Crippen LogP contribution in [0.2, 0.25) is 0 Å². The van der Waals surface area contributed by atoms with Crippen molar-refractivity contribution in [3.63, 3.8) is 0 Å². The normalized spacial score (nSPS) is 12.7. The minimum atomic E-state index is -1.33. The molecule has 0 spiro atoms. The molecule has 0 aliphatic carbocycles. The van der Waals surface area contributed by atoms with E-state index in [2.05, 4.69) is 15.9 Å². The molecule has 1 rings (SSSR count). The second kappa shape index (κ2) is 6.83. The monoisotopic (exact) mass is 346 g/mol. The van der Waals surface area contributed by atoms with Gasteiger partial charge in [0.2, 0.25) is 10.8 Å². The number of hydrogen-bond donors (Lipinski definition) is 0. The summed E-state index contributed by atoms with van der Waals surface area (Å²) in [5.74, 6) is -1.17. The summed E-state index contributed by atoms with van der Waals surface area (Å²) in [5.41, 5.74) is -1.33. The third-order valence-electron chi connectivity index (χ3n) is 2.66. The highest BCUT2D eigenvalue weighted by Gasteiger charge is 2.41. The van der Waals surface area contributed by atoms with Gasteiger partial charge in [0.25, 0.3) is 0 Å². The summed E-state index contributed by atoms with van der Waals surface area (Å²) in [6.45, 7) is 4.80. The number of esters is 1. The molecule has 0 heterocycles. The zero-order chi connectivity index (χ0) is 15.3. The molecule has 0 aliphatic rings. The molecule has 0 aliphatic heterocycles. The van der Waals surface area contributed by atoms with Crippen LogP contribution in [0.1, 0.15) is 20.8 Å². The van der Waals surface area contributed by atoms with Crippen molar-refractivity contribution < 1.29 is 23.5 Å². The lowest BCUT2D eigenvalue weighted by atomic mass is 9.88. The summed E-state index contributed by atoms with van der Waals surface area (Å²) in [6, 6.07) is 5.23. The summed E-state index contributed by atoms with van der Waals surface area (Å²) in [5, 5.41) is -1.02. The first-order valence-electron chi connectivity index (χ1n) is 6.07. The Hall–Kier alpha value is -1.43. The highest BCUT2D eigenvalue weighted by Crippen LogP contribution is 2.26. The third-order valence-corrected chi connectivity index (χ3v) is 3.26. The number of halogens is 2. The van der Waals surface area contributed by atoms with Gasteiger partial charge in [-0.1, -0.05) is 0 Å². The van der Waals surface area contributed by atoms with Crippen molar-refractivity contribution in [2.45, 2.75) is 25.8 Å². The molecule has 6 heteroatoms. The average Bonchev–Trinajstić information content (AvgIpc) is 2.40. The molecule has 0 aromatic heterocycles. The van der Waals surface area contributed by atoms with Gasteiger partial charge < -0.3 is 9.47 Å². The van der Waals surface area contributed by atoms with Crippen LogP contribution in [-0.4, -0.2) is 23.4 Å². The Morgan fingerprint density at radius 2 is 1.85 bits per heavy atom. The number of ether oxygens (including phenoxy) is 2. The van der Waals surface area contributed by atoms with Crippen LogP contribution in [-0.2, 0) is 14.3 Å². The van der Waals surface area contributed by atoms with Gasteiger partial charge in [0, 0.05) is 0 Å². The van der Waals surface area contributed by atoms with Crippen molar-refractivity contribution in [1.82, 2.24) is 0 Å². The van der Waals surface area contributed by atoms with E-state index in [1.165, 1.54) is 38.1 Å². The average molecular weight is 347 g/mol. The third kappa shape index (κ3) is 4.03. The summed E-state index contributed by atoms with van der Waals surface area (Å²) >= 11 is 3.08. The van der Waals surface area contributed by atoms with E-state index in [0.29, 0.717) is 5.75 Å². The Morgan fingerprint density at radius 3 is 2.35 bits per heavy atom. The van der Waals surface area contributed by atoms with Gasteiger partial charge in [-0.2, -0.15) is 0 Å². The van der Waals surface area contributed by atoms with Gasteiger partial charge >= 0.3 is 5.97 Å². The Labute approximate surface area is 125 Å². The van der Waals surface area contributed by atoms with E-state index >= 15 is 0 Å². The number of Topliss-reactive ketones (excluding diaryl/α,β-unsaturated/α-hetero) is 1. The molecule has 0 bridgehead atoms. The van der Waals surface area contributed by atoms with E-state index in [1.807, 2.05) is 0 Å². The number of carbonyl (C=O) groups excluding carboxylic acids is 2. The predicted molar refractivity (Wildman–Crippen MR) is 75.2 cm³/mol. The molecule has 1 aromatic carbocycles. The second-order valence-corrected chi connectivity index (χ2v) is 5.43. The largest absolute Gasteiger partial charge is 0.471 e. The van der Waals surface area contributed by atoms with Gasteiger partial charge in [0.15, 0.2) is 0 Å². The Morgan fingerprint density at radius 1 is 1.30 bits per heavy atom. The molecule has 20 heavy (non-hydrogen) atoms. The molecule has 0 N–H and O–H groups in total. The van der Waals surface area contributed by atoms with Gasteiger partial charge in [-0.3, -0.25) is 9.59 Å². The van der Waals surface area contributed by atoms with Crippen LogP contribution in [0.25, 0.3) is 0 Å². The smallest absolute Gasteiger partial charge is 0.319 e. The fraction of sp³-hybridized carbons (Fsp3) is 0.429. The van der Waals surface area contributed by atoms with Gasteiger partial charge in [0.1, 0.15) is 17.0 Å². The first-order chi connectivity index (χ1) is 9.28.